The maximum absolute atomic E-state index is 10.9. The first-order valence-electron chi connectivity index (χ1n) is 4.10. The highest BCUT2D eigenvalue weighted by Crippen LogP contribution is 2.31. The van der Waals surface area contributed by atoms with Crippen LogP contribution in [0, 0.1) is 0 Å². The van der Waals surface area contributed by atoms with E-state index in [0.717, 1.165) is 0 Å². The summed E-state index contributed by atoms with van der Waals surface area (Å²) in [6.45, 7) is 0. The van der Waals surface area contributed by atoms with E-state index in [-0.39, 0.29) is 0 Å². The van der Waals surface area contributed by atoms with E-state index in [4.69, 9.17) is 14.2 Å². The molecule has 1 fully saturated rings. The summed E-state index contributed by atoms with van der Waals surface area (Å²) in [6, 6.07) is 0. The average molecular weight is 310 g/mol. The number of rotatable bonds is 2. The van der Waals surface area contributed by atoms with Crippen LogP contribution < -0.4 is 5.32 Å². The summed E-state index contributed by atoms with van der Waals surface area (Å²) in [6.07, 6.45) is -7.66. The van der Waals surface area contributed by atoms with Gasteiger partial charge in [-0.15, -0.1) is 0 Å². The minimum Gasteiger partial charge on any atom is -0.374 e. The summed E-state index contributed by atoms with van der Waals surface area (Å²) in [5.74, 6) is 0. The maximum atomic E-state index is 10.9. The van der Waals surface area contributed by atoms with Crippen LogP contribution in [-0.4, -0.2) is 74.4 Å². The Morgan fingerprint density at radius 3 is 1.83 bits per heavy atom. The Kier molecular flexibility index (Phi) is 3.74. The number of piperazine rings is 1. The minimum absolute atomic E-state index is 0.957. The van der Waals surface area contributed by atoms with Crippen LogP contribution in [0.3, 0.4) is 0 Å². The largest absolute Gasteiger partial charge is 0.374 e. The van der Waals surface area contributed by atoms with Crippen molar-refractivity contribution in [2.24, 2.45) is 0 Å². The molecular weight excluding hydrogens is 300 g/mol. The van der Waals surface area contributed by atoms with Gasteiger partial charge in [0.2, 0.25) is 0 Å². The van der Waals surface area contributed by atoms with Crippen molar-refractivity contribution in [2.45, 2.75) is 23.7 Å². The number of nitrogens with zero attached hydrogens (tertiary/aromatic N) is 1. The second kappa shape index (κ2) is 4.30. The predicted molar refractivity (Wildman–Crippen MR) is 51.0 cm³/mol. The van der Waals surface area contributed by atoms with Gasteiger partial charge in [-0.05, 0) is 0 Å². The van der Waals surface area contributed by atoms with Gasteiger partial charge in [0.15, 0.2) is 12.5 Å². The molecule has 14 heteroatoms. The van der Waals surface area contributed by atoms with Gasteiger partial charge in [-0.25, -0.2) is 0 Å². The highest BCUT2D eigenvalue weighted by atomic mass is 32.2. The molecule has 0 aromatic carbocycles. The molecule has 0 radical (unpaired) electrons. The van der Waals surface area contributed by atoms with Crippen molar-refractivity contribution in [1.29, 1.82) is 0 Å². The molecule has 1 heterocycles. The average Bonchev–Trinajstić information content (AvgIpc) is 2.11. The third-order valence-corrected chi connectivity index (χ3v) is 4.44. The van der Waals surface area contributed by atoms with E-state index in [2.05, 4.69) is 0 Å². The predicted octanol–water partition coefficient (Wildman–Crippen LogP) is -4.82. The van der Waals surface area contributed by atoms with Crippen LogP contribution >= 0.6 is 0 Å². The number of hydrogen-bond acceptors (Lipinski definition) is 9. The van der Waals surface area contributed by atoms with Crippen molar-refractivity contribution in [1.82, 2.24) is 9.62 Å². The minimum atomic E-state index is -5.70. The molecule has 4 atom stereocenters. The Bertz CT molecular complexity index is 528. The van der Waals surface area contributed by atoms with E-state index < -0.39 is 48.5 Å². The SMILES string of the molecule is O=S(=O)(O)N1C(O)C(O)NC(O)C1(O)S(=O)(=O)O. The smallest absolute Gasteiger partial charge is 0.341 e. The van der Waals surface area contributed by atoms with Crippen molar-refractivity contribution in [3.05, 3.63) is 0 Å². The van der Waals surface area contributed by atoms with Gasteiger partial charge in [0.05, 0.1) is 0 Å². The number of aliphatic hydroxyl groups is 4. The molecule has 1 saturated heterocycles. The molecule has 0 aromatic rings. The van der Waals surface area contributed by atoms with Crippen LogP contribution in [-0.2, 0) is 20.4 Å². The molecular formula is C4H10N2O10S2. The third-order valence-electron chi connectivity index (χ3n) is 2.15. The normalized spacial score (nSPS) is 39.8. The third kappa shape index (κ3) is 2.23. The standard InChI is InChI=1S/C4H10N2O10S2/c7-1-2(8)6(18(14,15)16)4(10,3(9)5-1)17(11,12)13/h1-3,5,7-10H,(H,11,12,13)(H,14,15,16). The van der Waals surface area contributed by atoms with Gasteiger partial charge < -0.3 is 20.4 Å². The van der Waals surface area contributed by atoms with Gasteiger partial charge in [0.1, 0.15) is 6.23 Å². The molecule has 0 amide bonds. The molecule has 0 saturated carbocycles. The Morgan fingerprint density at radius 2 is 1.50 bits per heavy atom. The first-order valence-corrected chi connectivity index (χ1v) is 6.93. The fraction of sp³-hybridized carbons (Fsp3) is 1.00. The summed E-state index contributed by atoms with van der Waals surface area (Å²) in [7, 11) is -11.3. The van der Waals surface area contributed by atoms with Crippen LogP contribution in [0.15, 0.2) is 0 Å². The van der Waals surface area contributed by atoms with E-state index >= 15 is 0 Å². The second-order valence-corrected chi connectivity index (χ2v) is 6.18. The zero-order chi connectivity index (χ0) is 14.5. The topological polar surface area (TPSA) is 205 Å². The zero-order valence-corrected chi connectivity index (χ0v) is 9.95. The van der Waals surface area contributed by atoms with Gasteiger partial charge in [-0.2, -0.15) is 16.8 Å². The molecule has 0 aliphatic carbocycles. The van der Waals surface area contributed by atoms with Gasteiger partial charge in [0.25, 0.3) is 0 Å². The van der Waals surface area contributed by atoms with Crippen molar-refractivity contribution >= 4 is 20.4 Å². The monoisotopic (exact) mass is 310 g/mol. The highest BCUT2D eigenvalue weighted by molar-refractivity contribution is 7.89. The molecule has 4 unspecified atom stereocenters. The number of nitrogens with one attached hydrogen (secondary N) is 1. The van der Waals surface area contributed by atoms with Crippen molar-refractivity contribution < 1.29 is 46.4 Å². The van der Waals surface area contributed by atoms with Gasteiger partial charge in [0, 0.05) is 0 Å². The Morgan fingerprint density at radius 1 is 1.06 bits per heavy atom. The van der Waals surface area contributed by atoms with Gasteiger partial charge >= 0.3 is 25.5 Å². The summed E-state index contributed by atoms with van der Waals surface area (Å²) < 4.78 is 60.1. The highest BCUT2D eigenvalue weighted by Gasteiger charge is 2.64. The zero-order valence-electron chi connectivity index (χ0n) is 8.31. The fourth-order valence-corrected chi connectivity index (χ4v) is 3.42. The molecule has 108 valence electrons. The Labute approximate surface area is 101 Å². The lowest BCUT2D eigenvalue weighted by Gasteiger charge is -2.45. The fourth-order valence-electron chi connectivity index (χ4n) is 1.35. The molecule has 0 spiro atoms. The molecule has 18 heavy (non-hydrogen) atoms. The molecule has 0 bridgehead atoms. The van der Waals surface area contributed by atoms with Crippen molar-refractivity contribution in [3.63, 3.8) is 0 Å². The summed E-state index contributed by atoms with van der Waals surface area (Å²) in [4.78, 5) is 0. The van der Waals surface area contributed by atoms with Crippen molar-refractivity contribution in [3.8, 4) is 0 Å². The maximum Gasteiger partial charge on any atom is 0.341 e. The molecule has 12 nitrogen and oxygen atoms in total. The molecule has 1 aliphatic heterocycles. The quantitative estimate of drug-likeness (QED) is 0.241. The lowest BCUT2D eigenvalue weighted by molar-refractivity contribution is -0.226. The molecule has 7 N–H and O–H groups in total. The van der Waals surface area contributed by atoms with Gasteiger partial charge in [-0.3, -0.25) is 14.4 Å². The lowest BCUT2D eigenvalue weighted by Crippen LogP contribution is -2.77. The van der Waals surface area contributed by atoms with E-state index in [1.54, 1.807) is 0 Å². The first-order chi connectivity index (χ1) is 7.83. The van der Waals surface area contributed by atoms with E-state index in [9.17, 15) is 32.2 Å². The second-order valence-electron chi connectivity index (χ2n) is 3.33. The summed E-state index contributed by atoms with van der Waals surface area (Å²) >= 11 is 0. The molecule has 1 rings (SSSR count). The van der Waals surface area contributed by atoms with Crippen LogP contribution in [0.2, 0.25) is 0 Å². The Hall–Kier alpha value is -0.420. The Balaban J connectivity index is 3.54. The van der Waals surface area contributed by atoms with Crippen molar-refractivity contribution in [2.75, 3.05) is 0 Å². The van der Waals surface area contributed by atoms with E-state index in [1.807, 2.05) is 0 Å². The first kappa shape index (κ1) is 15.6. The van der Waals surface area contributed by atoms with Gasteiger partial charge in [-0.1, -0.05) is 4.31 Å². The lowest BCUT2D eigenvalue weighted by atomic mass is 10.3. The molecule has 0 aromatic heterocycles. The summed E-state index contributed by atoms with van der Waals surface area (Å²) in [5.41, 5.74) is 0. The number of aliphatic hydroxyl groups excluding tert-OH is 3. The number of hydrogen-bond donors (Lipinski definition) is 7. The van der Waals surface area contributed by atoms with Crippen LogP contribution in [0.1, 0.15) is 0 Å². The van der Waals surface area contributed by atoms with Crippen LogP contribution in [0.25, 0.3) is 0 Å². The van der Waals surface area contributed by atoms with E-state index in [0.29, 0.717) is 0 Å². The van der Waals surface area contributed by atoms with E-state index in [1.165, 1.54) is 5.32 Å². The van der Waals surface area contributed by atoms with Crippen LogP contribution in [0.4, 0.5) is 0 Å². The molecule has 1 aliphatic rings. The summed E-state index contributed by atoms with van der Waals surface area (Å²) in [5, 5.41) is 34.5. The van der Waals surface area contributed by atoms with Crippen LogP contribution in [0.5, 0.6) is 0 Å².